The largest absolute Gasteiger partial charge is 0.370 e. The number of hydrogen-bond donors (Lipinski definition) is 2. The van der Waals surface area contributed by atoms with Crippen molar-refractivity contribution in [2.24, 2.45) is 5.92 Å². The van der Waals surface area contributed by atoms with E-state index < -0.39 is 0 Å². The molecule has 0 bridgehead atoms. The fourth-order valence-electron chi connectivity index (χ4n) is 1.79. The number of hydrogen-bond acceptors (Lipinski definition) is 4. The summed E-state index contributed by atoms with van der Waals surface area (Å²) in [5, 5.41) is 3.23. The van der Waals surface area contributed by atoms with Crippen LogP contribution in [-0.2, 0) is 6.42 Å². The summed E-state index contributed by atoms with van der Waals surface area (Å²) in [6.07, 6.45) is 4.43. The standard InChI is InChI=1S/C13H19N5/c1-4-14-11-8-10(7-9(2)3)17-13(18-11)12-15-5-6-16-12/h5-6,8-9H,4,7H2,1-3H3,(H,15,16)(H,14,17,18). The minimum absolute atomic E-state index is 0.568. The Morgan fingerprint density at radius 1 is 1.33 bits per heavy atom. The zero-order chi connectivity index (χ0) is 13.0. The molecule has 2 heterocycles. The highest BCUT2D eigenvalue weighted by molar-refractivity contribution is 5.49. The molecule has 0 saturated carbocycles. The van der Waals surface area contributed by atoms with E-state index in [2.05, 4.69) is 46.0 Å². The van der Waals surface area contributed by atoms with Crippen LogP contribution < -0.4 is 5.32 Å². The highest BCUT2D eigenvalue weighted by Crippen LogP contribution is 2.16. The molecule has 2 N–H and O–H groups in total. The summed E-state index contributed by atoms with van der Waals surface area (Å²) in [5.74, 6) is 2.78. The van der Waals surface area contributed by atoms with E-state index in [1.807, 2.05) is 6.07 Å². The third kappa shape index (κ3) is 3.06. The van der Waals surface area contributed by atoms with Crippen molar-refractivity contribution in [1.82, 2.24) is 19.9 Å². The van der Waals surface area contributed by atoms with Crippen LogP contribution in [-0.4, -0.2) is 26.5 Å². The Kier molecular flexibility index (Phi) is 3.92. The van der Waals surface area contributed by atoms with Gasteiger partial charge in [0, 0.05) is 30.7 Å². The maximum atomic E-state index is 4.55. The first-order valence-electron chi connectivity index (χ1n) is 6.30. The van der Waals surface area contributed by atoms with E-state index in [1.165, 1.54) is 0 Å². The van der Waals surface area contributed by atoms with Crippen LogP contribution >= 0.6 is 0 Å². The van der Waals surface area contributed by atoms with E-state index in [9.17, 15) is 0 Å². The van der Waals surface area contributed by atoms with Crippen LogP contribution in [0.5, 0.6) is 0 Å². The molecule has 0 aliphatic rings. The molecule has 0 aromatic carbocycles. The second-order valence-corrected chi connectivity index (χ2v) is 4.63. The van der Waals surface area contributed by atoms with E-state index >= 15 is 0 Å². The summed E-state index contributed by atoms with van der Waals surface area (Å²) in [4.78, 5) is 16.2. The second kappa shape index (κ2) is 5.62. The summed E-state index contributed by atoms with van der Waals surface area (Å²) in [5.41, 5.74) is 1.04. The zero-order valence-electron chi connectivity index (χ0n) is 11.1. The Bertz CT molecular complexity index is 490. The Morgan fingerprint density at radius 2 is 2.17 bits per heavy atom. The molecule has 0 amide bonds. The molecule has 2 aromatic rings. The SMILES string of the molecule is CCNc1cc(CC(C)C)nc(-c2ncc[nH]2)n1. The van der Waals surface area contributed by atoms with E-state index in [-0.39, 0.29) is 0 Å². The second-order valence-electron chi connectivity index (χ2n) is 4.63. The van der Waals surface area contributed by atoms with Gasteiger partial charge in [-0.25, -0.2) is 15.0 Å². The van der Waals surface area contributed by atoms with Crippen LogP contribution in [0, 0.1) is 5.92 Å². The fourth-order valence-corrected chi connectivity index (χ4v) is 1.79. The van der Waals surface area contributed by atoms with Gasteiger partial charge >= 0.3 is 0 Å². The Labute approximate surface area is 107 Å². The quantitative estimate of drug-likeness (QED) is 0.849. The molecule has 0 atom stereocenters. The number of rotatable bonds is 5. The first kappa shape index (κ1) is 12.5. The summed E-state index contributed by atoms with van der Waals surface area (Å²) < 4.78 is 0. The number of aromatic nitrogens is 4. The molecule has 18 heavy (non-hydrogen) atoms. The number of aromatic amines is 1. The van der Waals surface area contributed by atoms with Gasteiger partial charge in [0.25, 0.3) is 0 Å². The minimum Gasteiger partial charge on any atom is -0.370 e. The normalized spacial score (nSPS) is 10.9. The number of nitrogens with one attached hydrogen (secondary N) is 2. The van der Waals surface area contributed by atoms with Crippen LogP contribution in [0.3, 0.4) is 0 Å². The van der Waals surface area contributed by atoms with Crippen molar-refractivity contribution in [1.29, 1.82) is 0 Å². The van der Waals surface area contributed by atoms with Crippen molar-refractivity contribution in [2.75, 3.05) is 11.9 Å². The van der Waals surface area contributed by atoms with Gasteiger partial charge in [0.05, 0.1) is 0 Å². The number of imidazole rings is 1. The van der Waals surface area contributed by atoms with Crippen LogP contribution in [0.1, 0.15) is 26.5 Å². The molecule has 0 radical (unpaired) electrons. The number of nitrogens with zero attached hydrogens (tertiary/aromatic N) is 3. The average molecular weight is 245 g/mol. The summed E-state index contributed by atoms with van der Waals surface area (Å²) >= 11 is 0. The highest BCUT2D eigenvalue weighted by atomic mass is 15.1. The van der Waals surface area contributed by atoms with Gasteiger partial charge in [0.1, 0.15) is 5.82 Å². The van der Waals surface area contributed by atoms with Gasteiger partial charge in [-0.05, 0) is 19.3 Å². The fraction of sp³-hybridized carbons (Fsp3) is 0.462. The van der Waals surface area contributed by atoms with Crippen molar-refractivity contribution in [3.63, 3.8) is 0 Å². The third-order valence-electron chi connectivity index (χ3n) is 2.46. The smallest absolute Gasteiger partial charge is 0.197 e. The molecule has 96 valence electrons. The van der Waals surface area contributed by atoms with Crippen molar-refractivity contribution in [3.8, 4) is 11.6 Å². The Hall–Kier alpha value is -1.91. The van der Waals surface area contributed by atoms with Gasteiger partial charge in [0.15, 0.2) is 11.6 Å². The molecule has 0 aliphatic carbocycles. The first-order chi connectivity index (χ1) is 8.69. The van der Waals surface area contributed by atoms with Crippen LogP contribution in [0.25, 0.3) is 11.6 Å². The van der Waals surface area contributed by atoms with Crippen molar-refractivity contribution < 1.29 is 0 Å². The molecule has 2 aromatic heterocycles. The zero-order valence-corrected chi connectivity index (χ0v) is 11.1. The highest BCUT2D eigenvalue weighted by Gasteiger charge is 2.09. The van der Waals surface area contributed by atoms with E-state index in [0.717, 1.165) is 24.5 Å². The minimum atomic E-state index is 0.568. The topological polar surface area (TPSA) is 66.5 Å². The lowest BCUT2D eigenvalue weighted by Crippen LogP contribution is -2.06. The predicted octanol–water partition coefficient (Wildman–Crippen LogP) is 2.50. The molecule has 0 spiro atoms. The number of H-pyrrole nitrogens is 1. The maximum absolute atomic E-state index is 4.55. The van der Waals surface area contributed by atoms with Crippen molar-refractivity contribution in [3.05, 3.63) is 24.2 Å². The maximum Gasteiger partial charge on any atom is 0.197 e. The molecule has 0 saturated heterocycles. The monoisotopic (exact) mass is 245 g/mol. The van der Waals surface area contributed by atoms with Crippen LogP contribution in [0.15, 0.2) is 18.5 Å². The summed E-state index contributed by atoms with van der Waals surface area (Å²) in [6.45, 7) is 7.26. The molecule has 0 fully saturated rings. The lowest BCUT2D eigenvalue weighted by Gasteiger charge is -2.09. The average Bonchev–Trinajstić information content (AvgIpc) is 2.81. The van der Waals surface area contributed by atoms with Crippen molar-refractivity contribution in [2.45, 2.75) is 27.2 Å². The molecule has 0 aliphatic heterocycles. The molecule has 5 nitrogen and oxygen atoms in total. The van der Waals surface area contributed by atoms with Gasteiger partial charge in [-0.1, -0.05) is 13.8 Å². The molecule has 5 heteroatoms. The first-order valence-corrected chi connectivity index (χ1v) is 6.30. The molecule has 2 rings (SSSR count). The molecule has 0 unspecified atom stereocenters. The van der Waals surface area contributed by atoms with Gasteiger partial charge in [-0.15, -0.1) is 0 Å². The van der Waals surface area contributed by atoms with E-state index in [1.54, 1.807) is 12.4 Å². The Morgan fingerprint density at radius 3 is 2.78 bits per heavy atom. The Balaban J connectivity index is 2.36. The van der Waals surface area contributed by atoms with E-state index in [0.29, 0.717) is 17.6 Å². The molecular formula is C13H19N5. The van der Waals surface area contributed by atoms with E-state index in [4.69, 9.17) is 0 Å². The third-order valence-corrected chi connectivity index (χ3v) is 2.46. The number of anilines is 1. The van der Waals surface area contributed by atoms with Gasteiger partial charge in [-0.2, -0.15) is 0 Å². The molecular weight excluding hydrogens is 226 g/mol. The lowest BCUT2D eigenvalue weighted by atomic mass is 10.1. The lowest BCUT2D eigenvalue weighted by molar-refractivity contribution is 0.634. The summed E-state index contributed by atoms with van der Waals surface area (Å²) in [6, 6.07) is 2.01. The van der Waals surface area contributed by atoms with Gasteiger partial charge in [-0.3, -0.25) is 0 Å². The predicted molar refractivity (Wildman–Crippen MR) is 72.3 cm³/mol. The van der Waals surface area contributed by atoms with Crippen LogP contribution in [0.2, 0.25) is 0 Å². The van der Waals surface area contributed by atoms with Crippen molar-refractivity contribution >= 4 is 5.82 Å². The van der Waals surface area contributed by atoms with Gasteiger partial charge in [0.2, 0.25) is 0 Å². The van der Waals surface area contributed by atoms with Gasteiger partial charge < -0.3 is 10.3 Å². The summed E-state index contributed by atoms with van der Waals surface area (Å²) in [7, 11) is 0. The van der Waals surface area contributed by atoms with Crippen LogP contribution in [0.4, 0.5) is 5.82 Å².